The van der Waals surface area contributed by atoms with Crippen LogP contribution in [0.25, 0.3) is 0 Å². The minimum absolute atomic E-state index is 0.124. The Kier molecular flexibility index (Phi) is 4.06. The fourth-order valence-corrected chi connectivity index (χ4v) is 1.93. The molecule has 0 atom stereocenters. The van der Waals surface area contributed by atoms with Gasteiger partial charge in [0.1, 0.15) is 11.5 Å². The van der Waals surface area contributed by atoms with E-state index in [0.29, 0.717) is 21.5 Å². The van der Waals surface area contributed by atoms with Crippen LogP contribution < -0.4 is 10.1 Å². The largest absolute Gasteiger partial charge is 0.507 e. The van der Waals surface area contributed by atoms with Crippen molar-refractivity contribution < 1.29 is 14.6 Å². The highest BCUT2D eigenvalue weighted by atomic mass is 79.9. The molecule has 0 spiro atoms. The van der Waals surface area contributed by atoms with Crippen molar-refractivity contribution in [1.29, 1.82) is 0 Å². The number of benzene rings is 2. The molecule has 0 aliphatic carbocycles. The van der Waals surface area contributed by atoms with Crippen molar-refractivity contribution in [2.75, 3.05) is 12.4 Å². The molecule has 2 rings (SSSR count). The van der Waals surface area contributed by atoms with Gasteiger partial charge in [-0.15, -0.1) is 0 Å². The van der Waals surface area contributed by atoms with Crippen LogP contribution in [0.5, 0.6) is 11.5 Å². The lowest BCUT2D eigenvalue weighted by atomic mass is 10.2. The molecule has 0 aliphatic rings. The number of rotatable bonds is 3. The Morgan fingerprint density at radius 3 is 2.74 bits per heavy atom. The van der Waals surface area contributed by atoms with E-state index < -0.39 is 0 Å². The molecule has 0 aliphatic heterocycles. The number of hydrogen-bond donors (Lipinski definition) is 2. The first-order valence-electron chi connectivity index (χ1n) is 5.54. The van der Waals surface area contributed by atoms with E-state index in [1.165, 1.54) is 6.07 Å². The number of carbonyl (C=O) groups is 1. The molecule has 0 heterocycles. The number of carbonyl (C=O) groups excluding carboxylic acids is 1. The Labute approximate surface area is 119 Å². The highest BCUT2D eigenvalue weighted by molar-refractivity contribution is 9.10. The summed E-state index contributed by atoms with van der Waals surface area (Å²) in [5, 5.41) is 12.1. The molecule has 1 amide bonds. The van der Waals surface area contributed by atoms with Crippen LogP contribution in [0.3, 0.4) is 0 Å². The van der Waals surface area contributed by atoms with Gasteiger partial charge in [0.2, 0.25) is 0 Å². The van der Waals surface area contributed by atoms with Gasteiger partial charge in [0.25, 0.3) is 5.91 Å². The second kappa shape index (κ2) is 5.75. The van der Waals surface area contributed by atoms with Crippen LogP contribution in [0, 0.1) is 0 Å². The lowest BCUT2D eigenvalue weighted by Gasteiger charge is -2.07. The van der Waals surface area contributed by atoms with Crippen molar-refractivity contribution in [3.05, 3.63) is 52.5 Å². The van der Waals surface area contributed by atoms with E-state index in [4.69, 9.17) is 4.74 Å². The molecule has 0 fully saturated rings. The second-order valence-electron chi connectivity index (χ2n) is 3.85. The number of aromatic hydroxyl groups is 1. The summed E-state index contributed by atoms with van der Waals surface area (Å²) in [6, 6.07) is 11.6. The van der Waals surface area contributed by atoms with Crippen molar-refractivity contribution in [2.45, 2.75) is 0 Å². The molecular formula is C14H12BrNO3. The molecule has 5 heteroatoms. The van der Waals surface area contributed by atoms with Gasteiger partial charge in [-0.1, -0.05) is 6.07 Å². The van der Waals surface area contributed by atoms with Crippen molar-refractivity contribution in [1.82, 2.24) is 0 Å². The molecule has 2 N–H and O–H groups in total. The molecule has 98 valence electrons. The first-order chi connectivity index (χ1) is 9.10. The van der Waals surface area contributed by atoms with Gasteiger partial charge in [0.15, 0.2) is 0 Å². The van der Waals surface area contributed by atoms with E-state index in [2.05, 4.69) is 21.2 Å². The van der Waals surface area contributed by atoms with Gasteiger partial charge in [0, 0.05) is 11.3 Å². The summed E-state index contributed by atoms with van der Waals surface area (Å²) in [6.07, 6.45) is 0. The van der Waals surface area contributed by atoms with Gasteiger partial charge in [0.05, 0.1) is 11.6 Å². The number of phenolic OH excluding ortho intramolecular Hbond substituents is 1. The van der Waals surface area contributed by atoms with Gasteiger partial charge in [-0.2, -0.15) is 0 Å². The normalized spacial score (nSPS) is 10.0. The quantitative estimate of drug-likeness (QED) is 0.852. The third-order valence-electron chi connectivity index (χ3n) is 2.54. The summed E-state index contributed by atoms with van der Waals surface area (Å²) in [7, 11) is 1.55. The Morgan fingerprint density at radius 2 is 2.05 bits per heavy atom. The number of amides is 1. The fraction of sp³-hybridized carbons (Fsp3) is 0.0714. The lowest BCUT2D eigenvalue weighted by Crippen LogP contribution is -2.11. The SMILES string of the molecule is COc1cccc(C(=O)Nc2ccc(O)c(Br)c2)c1. The molecule has 19 heavy (non-hydrogen) atoms. The number of halogens is 1. The Morgan fingerprint density at radius 1 is 1.26 bits per heavy atom. The van der Waals surface area contributed by atoms with E-state index >= 15 is 0 Å². The fourth-order valence-electron chi connectivity index (χ4n) is 1.55. The summed E-state index contributed by atoms with van der Waals surface area (Å²) >= 11 is 3.19. The highest BCUT2D eigenvalue weighted by Gasteiger charge is 2.08. The number of anilines is 1. The third kappa shape index (κ3) is 3.26. The summed E-state index contributed by atoms with van der Waals surface area (Å²) in [5.41, 5.74) is 1.10. The third-order valence-corrected chi connectivity index (χ3v) is 3.17. The molecule has 0 bridgehead atoms. The Bertz CT molecular complexity index is 613. The van der Waals surface area contributed by atoms with Gasteiger partial charge >= 0.3 is 0 Å². The van der Waals surface area contributed by atoms with Crippen LogP contribution in [0.1, 0.15) is 10.4 Å². The first-order valence-corrected chi connectivity index (χ1v) is 6.33. The Balaban J connectivity index is 2.18. The summed E-state index contributed by atoms with van der Waals surface area (Å²) < 4.78 is 5.59. The lowest BCUT2D eigenvalue weighted by molar-refractivity contribution is 0.102. The minimum Gasteiger partial charge on any atom is -0.507 e. The van der Waals surface area contributed by atoms with Crippen molar-refractivity contribution in [2.24, 2.45) is 0 Å². The van der Waals surface area contributed by atoms with Gasteiger partial charge in [-0.05, 0) is 52.3 Å². The minimum atomic E-state index is -0.239. The van der Waals surface area contributed by atoms with Crippen LogP contribution in [-0.2, 0) is 0 Å². The number of phenols is 1. The van der Waals surface area contributed by atoms with Gasteiger partial charge in [-0.25, -0.2) is 0 Å². The molecular weight excluding hydrogens is 310 g/mol. The summed E-state index contributed by atoms with van der Waals surface area (Å²) in [4.78, 5) is 12.0. The molecule has 0 radical (unpaired) electrons. The first kappa shape index (κ1) is 13.4. The smallest absolute Gasteiger partial charge is 0.255 e. The number of ether oxygens (including phenoxy) is 1. The maximum absolute atomic E-state index is 12.0. The molecule has 2 aromatic carbocycles. The average Bonchev–Trinajstić information content (AvgIpc) is 2.43. The van der Waals surface area contributed by atoms with E-state index in [-0.39, 0.29) is 11.7 Å². The molecule has 0 unspecified atom stereocenters. The zero-order valence-electron chi connectivity index (χ0n) is 10.2. The molecule has 0 saturated heterocycles. The summed E-state index contributed by atoms with van der Waals surface area (Å²) in [5.74, 6) is 0.510. The molecule has 2 aromatic rings. The average molecular weight is 322 g/mol. The predicted octanol–water partition coefficient (Wildman–Crippen LogP) is 3.42. The van der Waals surface area contributed by atoms with Crippen LogP contribution in [0.4, 0.5) is 5.69 Å². The second-order valence-corrected chi connectivity index (χ2v) is 4.71. The standard InChI is InChI=1S/C14H12BrNO3/c1-19-11-4-2-3-9(7-11)14(18)16-10-5-6-13(17)12(15)8-10/h2-8,17H,1H3,(H,16,18). The van der Waals surface area contributed by atoms with E-state index in [0.717, 1.165) is 0 Å². The van der Waals surface area contributed by atoms with Crippen LogP contribution in [-0.4, -0.2) is 18.1 Å². The van der Waals surface area contributed by atoms with Crippen molar-refractivity contribution >= 4 is 27.5 Å². The van der Waals surface area contributed by atoms with E-state index in [1.807, 2.05) is 0 Å². The topological polar surface area (TPSA) is 58.6 Å². The van der Waals surface area contributed by atoms with E-state index in [9.17, 15) is 9.90 Å². The molecule has 0 aromatic heterocycles. The highest BCUT2D eigenvalue weighted by Crippen LogP contribution is 2.27. The van der Waals surface area contributed by atoms with Crippen LogP contribution >= 0.6 is 15.9 Å². The summed E-state index contributed by atoms with van der Waals surface area (Å²) in [6.45, 7) is 0. The maximum Gasteiger partial charge on any atom is 0.255 e. The maximum atomic E-state index is 12.0. The van der Waals surface area contributed by atoms with E-state index in [1.54, 1.807) is 43.5 Å². The number of methoxy groups -OCH3 is 1. The van der Waals surface area contributed by atoms with Crippen molar-refractivity contribution in [3.63, 3.8) is 0 Å². The number of hydrogen-bond acceptors (Lipinski definition) is 3. The zero-order valence-corrected chi connectivity index (χ0v) is 11.8. The van der Waals surface area contributed by atoms with Gasteiger partial charge < -0.3 is 15.2 Å². The van der Waals surface area contributed by atoms with Crippen LogP contribution in [0.15, 0.2) is 46.9 Å². The number of nitrogens with one attached hydrogen (secondary N) is 1. The molecule has 0 saturated carbocycles. The van der Waals surface area contributed by atoms with Gasteiger partial charge in [-0.3, -0.25) is 4.79 Å². The monoisotopic (exact) mass is 321 g/mol. The predicted molar refractivity (Wildman–Crippen MR) is 76.8 cm³/mol. The van der Waals surface area contributed by atoms with Crippen molar-refractivity contribution in [3.8, 4) is 11.5 Å². The zero-order chi connectivity index (χ0) is 13.8. The Hall–Kier alpha value is -2.01. The van der Waals surface area contributed by atoms with Crippen LogP contribution in [0.2, 0.25) is 0 Å². The molecule has 4 nitrogen and oxygen atoms in total.